The van der Waals surface area contributed by atoms with Gasteiger partial charge >= 0.3 is 0 Å². The van der Waals surface area contributed by atoms with Crippen molar-refractivity contribution < 1.29 is 4.92 Å². The predicted octanol–water partition coefficient (Wildman–Crippen LogP) is 3.97. The first kappa shape index (κ1) is 19.1. The van der Waals surface area contributed by atoms with Crippen LogP contribution in [0.1, 0.15) is 36.8 Å². The van der Waals surface area contributed by atoms with E-state index in [1.807, 2.05) is 24.4 Å². The molecule has 1 aromatic carbocycles. The Kier molecular flexibility index (Phi) is 5.88. The number of hydrogen-bond acceptors (Lipinski definition) is 6. The lowest BCUT2D eigenvalue weighted by molar-refractivity contribution is -0.385. The highest BCUT2D eigenvalue weighted by atomic mass is 32.2. The largest absolute Gasteiger partial charge is 0.324 e. The molecule has 0 radical (unpaired) electrons. The lowest BCUT2D eigenvalue weighted by Gasteiger charge is -2.13. The third-order valence-corrected chi connectivity index (χ3v) is 5.17. The molecule has 0 aliphatic heterocycles. The van der Waals surface area contributed by atoms with Crippen LogP contribution in [0.2, 0.25) is 0 Å². The Morgan fingerprint density at radius 3 is 2.74 bits per heavy atom. The monoisotopic (exact) mass is 383 g/mol. The maximum absolute atomic E-state index is 11.1. The number of nitrogens with zero attached hydrogens (tertiary/aromatic N) is 4. The predicted molar refractivity (Wildman–Crippen MR) is 105 cm³/mol. The van der Waals surface area contributed by atoms with Gasteiger partial charge in [-0.05, 0) is 23.6 Å². The maximum Gasteiger partial charge on any atom is 0.270 e. The van der Waals surface area contributed by atoms with Gasteiger partial charge in [0.15, 0.2) is 0 Å². The van der Waals surface area contributed by atoms with Crippen molar-refractivity contribution in [1.29, 1.82) is 0 Å². The van der Waals surface area contributed by atoms with E-state index in [1.165, 1.54) is 17.8 Å². The van der Waals surface area contributed by atoms with Crippen LogP contribution in [0.3, 0.4) is 0 Å². The number of pyridine rings is 1. The van der Waals surface area contributed by atoms with Crippen LogP contribution >= 0.6 is 11.8 Å². The smallest absolute Gasteiger partial charge is 0.270 e. The molecule has 3 rings (SSSR count). The van der Waals surface area contributed by atoms with E-state index >= 15 is 0 Å². The van der Waals surface area contributed by atoms with Crippen molar-refractivity contribution in [3.8, 4) is 0 Å². The van der Waals surface area contributed by atoms with Gasteiger partial charge in [0.2, 0.25) is 0 Å². The van der Waals surface area contributed by atoms with Crippen LogP contribution in [0.4, 0.5) is 5.69 Å². The van der Waals surface area contributed by atoms with Crippen molar-refractivity contribution in [1.82, 2.24) is 14.5 Å². The highest BCUT2D eigenvalue weighted by Crippen LogP contribution is 2.36. The zero-order valence-electron chi connectivity index (χ0n) is 15.2. The Morgan fingerprint density at radius 2 is 2.11 bits per heavy atom. The Labute approximate surface area is 161 Å². The fourth-order valence-corrected chi connectivity index (χ4v) is 3.97. The van der Waals surface area contributed by atoms with Gasteiger partial charge in [0, 0.05) is 29.4 Å². The third-order valence-electron chi connectivity index (χ3n) is 4.06. The average Bonchev–Trinajstić information content (AvgIpc) is 3.00. The second-order valence-electron chi connectivity index (χ2n) is 6.38. The lowest BCUT2D eigenvalue weighted by Crippen LogP contribution is -2.10. The number of imidazole rings is 1. The molecule has 2 aromatic heterocycles. The van der Waals surface area contributed by atoms with Crippen molar-refractivity contribution in [2.75, 3.05) is 0 Å². The first-order valence-electron chi connectivity index (χ1n) is 8.60. The molecule has 7 nitrogen and oxygen atoms in total. The molecule has 0 amide bonds. The van der Waals surface area contributed by atoms with E-state index < -0.39 is 0 Å². The molecule has 3 aromatic rings. The van der Waals surface area contributed by atoms with Gasteiger partial charge in [-0.15, -0.1) is 0 Å². The van der Waals surface area contributed by atoms with E-state index in [0.29, 0.717) is 13.1 Å². The van der Waals surface area contributed by atoms with Gasteiger partial charge in [0.25, 0.3) is 5.69 Å². The molecule has 0 bridgehead atoms. The fraction of sp³-hybridized carbons (Fsp3) is 0.263. The third kappa shape index (κ3) is 4.35. The molecule has 0 atom stereocenters. The van der Waals surface area contributed by atoms with E-state index in [4.69, 9.17) is 10.7 Å². The van der Waals surface area contributed by atoms with E-state index in [2.05, 4.69) is 23.4 Å². The van der Waals surface area contributed by atoms with Gasteiger partial charge in [-0.3, -0.25) is 15.1 Å². The number of nitro groups is 1. The van der Waals surface area contributed by atoms with Crippen molar-refractivity contribution in [2.24, 2.45) is 5.73 Å². The standard InChI is InChI=1S/C19H21N5O2S/c1-13(2)18-19(27-16-7-3-6-15(9-16)24(25)26)23(17(10-20)22-18)12-14-5-4-8-21-11-14/h3-9,11,13H,10,12,20H2,1-2H3. The molecular weight excluding hydrogens is 362 g/mol. The minimum absolute atomic E-state index is 0.0727. The normalized spacial score (nSPS) is 11.1. The Bertz CT molecular complexity index is 941. The molecule has 0 fully saturated rings. The molecule has 2 N–H and O–H groups in total. The van der Waals surface area contributed by atoms with Crippen molar-refractivity contribution in [3.63, 3.8) is 0 Å². The molecule has 0 saturated carbocycles. The lowest BCUT2D eigenvalue weighted by atomic mass is 10.1. The summed E-state index contributed by atoms with van der Waals surface area (Å²) >= 11 is 1.48. The number of nitro benzene ring substituents is 1. The number of benzene rings is 1. The van der Waals surface area contributed by atoms with Gasteiger partial charge in [-0.1, -0.05) is 37.7 Å². The topological polar surface area (TPSA) is 99.9 Å². The molecule has 0 spiro atoms. The second kappa shape index (κ2) is 8.32. The van der Waals surface area contributed by atoms with Crippen LogP contribution in [0.25, 0.3) is 0 Å². The number of aromatic nitrogens is 3. The summed E-state index contributed by atoms with van der Waals surface area (Å²) < 4.78 is 2.08. The minimum Gasteiger partial charge on any atom is -0.324 e. The molecule has 27 heavy (non-hydrogen) atoms. The summed E-state index contributed by atoms with van der Waals surface area (Å²) in [7, 11) is 0. The van der Waals surface area contributed by atoms with Crippen LogP contribution in [-0.4, -0.2) is 19.5 Å². The molecule has 140 valence electrons. The van der Waals surface area contributed by atoms with E-state index in [9.17, 15) is 10.1 Å². The van der Waals surface area contributed by atoms with E-state index in [1.54, 1.807) is 18.3 Å². The van der Waals surface area contributed by atoms with Crippen LogP contribution in [0.5, 0.6) is 0 Å². The highest BCUT2D eigenvalue weighted by Gasteiger charge is 2.21. The highest BCUT2D eigenvalue weighted by molar-refractivity contribution is 7.99. The van der Waals surface area contributed by atoms with Crippen LogP contribution < -0.4 is 5.73 Å². The number of nitrogens with two attached hydrogens (primary N) is 1. The minimum atomic E-state index is -0.383. The molecular formula is C19H21N5O2S. The van der Waals surface area contributed by atoms with Gasteiger partial charge in [-0.2, -0.15) is 0 Å². The van der Waals surface area contributed by atoms with Crippen LogP contribution in [0, 0.1) is 10.1 Å². The summed E-state index contributed by atoms with van der Waals surface area (Å²) in [6, 6.07) is 10.5. The summed E-state index contributed by atoms with van der Waals surface area (Å²) in [6.45, 7) is 5.07. The number of hydrogen-bond donors (Lipinski definition) is 1. The van der Waals surface area contributed by atoms with Crippen LogP contribution in [0.15, 0.2) is 58.7 Å². The summed E-state index contributed by atoms with van der Waals surface area (Å²) in [6.07, 6.45) is 3.55. The molecule has 8 heteroatoms. The van der Waals surface area contributed by atoms with Crippen molar-refractivity contribution >= 4 is 17.4 Å². The van der Waals surface area contributed by atoms with Gasteiger partial charge in [0.05, 0.1) is 23.7 Å². The van der Waals surface area contributed by atoms with Crippen molar-refractivity contribution in [3.05, 3.63) is 76.0 Å². The van der Waals surface area contributed by atoms with E-state index in [-0.39, 0.29) is 16.5 Å². The van der Waals surface area contributed by atoms with Gasteiger partial charge in [0.1, 0.15) is 10.9 Å². The SMILES string of the molecule is CC(C)c1nc(CN)n(Cc2cccnc2)c1Sc1cccc([N+](=O)[O-])c1. The summed E-state index contributed by atoms with van der Waals surface area (Å²) in [4.78, 5) is 20.4. The van der Waals surface area contributed by atoms with Crippen molar-refractivity contribution in [2.45, 2.75) is 42.8 Å². The molecule has 0 aliphatic rings. The quantitative estimate of drug-likeness (QED) is 0.489. The zero-order valence-corrected chi connectivity index (χ0v) is 16.0. The Morgan fingerprint density at radius 1 is 1.30 bits per heavy atom. The second-order valence-corrected chi connectivity index (χ2v) is 7.44. The molecule has 0 saturated heterocycles. The molecule has 0 aliphatic carbocycles. The van der Waals surface area contributed by atoms with E-state index in [0.717, 1.165) is 27.0 Å². The average molecular weight is 383 g/mol. The van der Waals surface area contributed by atoms with Gasteiger partial charge in [-0.25, -0.2) is 4.98 Å². The summed E-state index contributed by atoms with van der Waals surface area (Å²) in [5.74, 6) is 0.988. The van der Waals surface area contributed by atoms with Crippen LogP contribution in [-0.2, 0) is 13.1 Å². The summed E-state index contributed by atoms with van der Waals surface area (Å²) in [5, 5.41) is 12.0. The fourth-order valence-electron chi connectivity index (χ4n) is 2.75. The number of rotatable bonds is 7. The summed E-state index contributed by atoms with van der Waals surface area (Å²) in [5.41, 5.74) is 8.00. The molecule has 2 heterocycles. The first-order chi connectivity index (χ1) is 13.0. The maximum atomic E-state index is 11.1. The van der Waals surface area contributed by atoms with Gasteiger partial charge < -0.3 is 10.3 Å². The number of non-ortho nitro benzene ring substituents is 1. The Balaban J connectivity index is 2.05. The zero-order chi connectivity index (χ0) is 19.4. The molecule has 0 unspecified atom stereocenters. The first-order valence-corrected chi connectivity index (χ1v) is 9.41. The Hall–Kier alpha value is -2.71.